The summed E-state index contributed by atoms with van der Waals surface area (Å²) in [6.45, 7) is 5.42. The molecular weight excluding hydrogens is 360 g/mol. The van der Waals surface area contributed by atoms with Crippen LogP contribution in [0, 0.1) is 0 Å². The average molecular weight is 379 g/mol. The smallest absolute Gasteiger partial charge is 0.326 e. The van der Waals surface area contributed by atoms with E-state index >= 15 is 0 Å². The van der Waals surface area contributed by atoms with Crippen LogP contribution in [0.5, 0.6) is 0 Å². The molecule has 0 fully saturated rings. The van der Waals surface area contributed by atoms with Crippen LogP contribution in [0.4, 0.5) is 4.79 Å². The molecule has 0 saturated carbocycles. The van der Waals surface area contributed by atoms with Crippen LogP contribution in [0.15, 0.2) is 65.3 Å². The highest BCUT2D eigenvalue weighted by Gasteiger charge is 2.20. The quantitative estimate of drug-likeness (QED) is 0.636. The van der Waals surface area contributed by atoms with E-state index in [1.807, 2.05) is 30.3 Å². The van der Waals surface area contributed by atoms with Gasteiger partial charge in [-0.3, -0.25) is 0 Å². The molecule has 0 aliphatic heterocycles. The van der Waals surface area contributed by atoms with E-state index in [9.17, 15) is 14.7 Å². The van der Waals surface area contributed by atoms with Gasteiger partial charge >= 0.3 is 12.0 Å². The molecule has 2 amide bonds. The van der Waals surface area contributed by atoms with Crippen molar-refractivity contribution in [2.75, 3.05) is 0 Å². The number of benzene rings is 1. The first kappa shape index (κ1) is 18.7. The molecule has 0 unspecified atom stereocenters. The highest BCUT2D eigenvalue weighted by molar-refractivity contribution is 9.11. The number of nitrogens with one attached hydrogen (secondary N) is 2. The van der Waals surface area contributed by atoms with E-state index in [2.05, 4.69) is 33.1 Å². The molecule has 1 aromatic carbocycles. The first-order chi connectivity index (χ1) is 10.9. The first-order valence-corrected chi connectivity index (χ1v) is 7.74. The van der Waals surface area contributed by atoms with Crippen molar-refractivity contribution in [3.05, 3.63) is 70.9 Å². The fraction of sp³-hybridized carbons (Fsp3) is 0.176. The Balaban J connectivity index is 2.67. The largest absolute Gasteiger partial charge is 0.480 e. The summed E-state index contributed by atoms with van der Waals surface area (Å²) >= 11 is 3.18. The lowest BCUT2D eigenvalue weighted by Gasteiger charge is -2.15. The standard InChI is InChI=1S/C17H19BrN2O3/c1-3-14(10-9-12(2)18)19-17(23)20-15(16(21)22)11-13-7-5-4-6-8-13/h3-10,15H,2,11H2,1H3,(H,21,22)(H2,19,20,23)/b10-9-,14-3+/t15-/m1/s1. The van der Waals surface area contributed by atoms with Crippen molar-refractivity contribution in [1.82, 2.24) is 10.6 Å². The van der Waals surface area contributed by atoms with Crippen LogP contribution in [0.3, 0.4) is 0 Å². The maximum absolute atomic E-state index is 12.0. The minimum absolute atomic E-state index is 0.211. The summed E-state index contributed by atoms with van der Waals surface area (Å²) < 4.78 is 0.659. The van der Waals surface area contributed by atoms with Gasteiger partial charge in [-0.1, -0.05) is 58.9 Å². The van der Waals surface area contributed by atoms with E-state index in [-0.39, 0.29) is 6.42 Å². The van der Waals surface area contributed by atoms with Crippen LogP contribution in [0.2, 0.25) is 0 Å². The van der Waals surface area contributed by atoms with Gasteiger partial charge < -0.3 is 15.7 Å². The number of carbonyl (C=O) groups is 2. The van der Waals surface area contributed by atoms with Gasteiger partial charge in [-0.15, -0.1) is 0 Å². The summed E-state index contributed by atoms with van der Waals surface area (Å²) in [5, 5.41) is 14.3. The predicted octanol–water partition coefficient (Wildman–Crippen LogP) is 3.35. The summed E-state index contributed by atoms with van der Waals surface area (Å²) in [7, 11) is 0. The molecule has 0 aliphatic carbocycles. The Morgan fingerprint density at radius 1 is 1.30 bits per heavy atom. The fourth-order valence-corrected chi connectivity index (χ4v) is 1.90. The molecule has 5 nitrogen and oxygen atoms in total. The Morgan fingerprint density at radius 2 is 1.96 bits per heavy atom. The molecule has 1 rings (SSSR count). The van der Waals surface area contributed by atoms with Gasteiger partial charge in [-0.25, -0.2) is 9.59 Å². The Bertz CT molecular complexity index is 624. The van der Waals surface area contributed by atoms with Crippen molar-refractivity contribution in [1.29, 1.82) is 0 Å². The number of allylic oxidation sites excluding steroid dienone is 4. The molecule has 1 aromatic rings. The molecule has 0 saturated heterocycles. The van der Waals surface area contributed by atoms with Crippen molar-refractivity contribution in [2.24, 2.45) is 0 Å². The van der Waals surface area contributed by atoms with Crippen molar-refractivity contribution >= 4 is 27.9 Å². The molecule has 0 heterocycles. The lowest BCUT2D eigenvalue weighted by molar-refractivity contribution is -0.139. The summed E-state index contributed by atoms with van der Waals surface area (Å²) in [5.74, 6) is -1.09. The van der Waals surface area contributed by atoms with Crippen molar-refractivity contribution in [3.63, 3.8) is 0 Å². The predicted molar refractivity (Wildman–Crippen MR) is 94.2 cm³/mol. The molecule has 3 N–H and O–H groups in total. The second-order valence-corrected chi connectivity index (χ2v) is 5.72. The summed E-state index contributed by atoms with van der Waals surface area (Å²) in [4.78, 5) is 23.3. The monoisotopic (exact) mass is 378 g/mol. The van der Waals surface area contributed by atoms with Gasteiger partial charge in [-0.05, 0) is 24.6 Å². The molecule has 6 heteroatoms. The molecule has 1 atom stereocenters. The first-order valence-electron chi connectivity index (χ1n) is 6.95. The SMILES string of the molecule is C=C(Br)/C=C\C(=C/C)NC(=O)N[C@H](Cc1ccccc1)C(=O)O. The van der Waals surface area contributed by atoms with E-state index in [0.717, 1.165) is 5.56 Å². The third-order valence-electron chi connectivity index (χ3n) is 2.90. The number of rotatable bonds is 7. The van der Waals surface area contributed by atoms with Crippen LogP contribution < -0.4 is 10.6 Å². The van der Waals surface area contributed by atoms with E-state index in [1.54, 1.807) is 25.2 Å². The zero-order chi connectivity index (χ0) is 17.2. The minimum atomic E-state index is -1.09. The van der Waals surface area contributed by atoms with Gasteiger partial charge in [0.15, 0.2) is 0 Å². The number of aliphatic carboxylic acids is 1. The molecule has 122 valence electrons. The second kappa shape index (κ2) is 9.63. The van der Waals surface area contributed by atoms with Crippen LogP contribution in [-0.2, 0) is 11.2 Å². The van der Waals surface area contributed by atoms with E-state index in [4.69, 9.17) is 0 Å². The van der Waals surface area contributed by atoms with Gasteiger partial charge in [0, 0.05) is 16.6 Å². The molecule has 0 aromatic heterocycles. The number of carboxylic acid groups (broad SMARTS) is 1. The van der Waals surface area contributed by atoms with Gasteiger partial charge in [0.1, 0.15) is 6.04 Å². The third-order valence-corrected chi connectivity index (χ3v) is 3.16. The maximum atomic E-state index is 12.0. The molecule has 0 radical (unpaired) electrons. The number of carboxylic acids is 1. The highest BCUT2D eigenvalue weighted by atomic mass is 79.9. The van der Waals surface area contributed by atoms with Crippen molar-refractivity contribution in [2.45, 2.75) is 19.4 Å². The minimum Gasteiger partial charge on any atom is -0.480 e. The molecule has 0 aliphatic rings. The number of halogens is 1. The van der Waals surface area contributed by atoms with Crippen LogP contribution in [-0.4, -0.2) is 23.1 Å². The molecule has 23 heavy (non-hydrogen) atoms. The van der Waals surface area contributed by atoms with Crippen molar-refractivity contribution in [3.8, 4) is 0 Å². The Hall–Kier alpha value is -2.34. The number of carbonyl (C=O) groups excluding carboxylic acids is 1. The molecule has 0 bridgehead atoms. The lowest BCUT2D eigenvalue weighted by atomic mass is 10.1. The van der Waals surface area contributed by atoms with Gasteiger partial charge in [0.25, 0.3) is 0 Å². The topological polar surface area (TPSA) is 78.4 Å². The Morgan fingerprint density at radius 3 is 2.48 bits per heavy atom. The van der Waals surface area contributed by atoms with Crippen molar-refractivity contribution < 1.29 is 14.7 Å². The van der Waals surface area contributed by atoms with Crippen LogP contribution in [0.1, 0.15) is 12.5 Å². The lowest BCUT2D eigenvalue weighted by Crippen LogP contribution is -2.46. The third kappa shape index (κ3) is 7.46. The Kier molecular flexibility index (Phi) is 7.83. The van der Waals surface area contributed by atoms with E-state index in [0.29, 0.717) is 10.2 Å². The number of amides is 2. The zero-order valence-corrected chi connectivity index (χ0v) is 14.3. The van der Waals surface area contributed by atoms with Gasteiger partial charge in [-0.2, -0.15) is 0 Å². The number of urea groups is 1. The van der Waals surface area contributed by atoms with E-state index in [1.165, 1.54) is 0 Å². The molecule has 0 spiro atoms. The average Bonchev–Trinajstić information content (AvgIpc) is 2.51. The summed E-state index contributed by atoms with van der Waals surface area (Å²) in [5.41, 5.74) is 1.37. The zero-order valence-electron chi connectivity index (χ0n) is 12.8. The fourth-order valence-electron chi connectivity index (χ4n) is 1.77. The number of hydrogen-bond acceptors (Lipinski definition) is 2. The molecular formula is C17H19BrN2O3. The highest BCUT2D eigenvalue weighted by Crippen LogP contribution is 2.05. The number of hydrogen-bond donors (Lipinski definition) is 3. The Labute approximate surface area is 143 Å². The second-order valence-electron chi connectivity index (χ2n) is 4.70. The van der Waals surface area contributed by atoms with Crippen LogP contribution >= 0.6 is 15.9 Å². The summed E-state index contributed by atoms with van der Waals surface area (Å²) in [6, 6.07) is 7.54. The summed E-state index contributed by atoms with van der Waals surface area (Å²) in [6.07, 6.45) is 5.24. The van der Waals surface area contributed by atoms with Gasteiger partial charge in [0.05, 0.1) is 0 Å². The van der Waals surface area contributed by atoms with E-state index < -0.39 is 18.0 Å². The van der Waals surface area contributed by atoms with Crippen LogP contribution in [0.25, 0.3) is 0 Å². The maximum Gasteiger partial charge on any atom is 0.326 e. The normalized spacial score (nSPS) is 12.7. The van der Waals surface area contributed by atoms with Gasteiger partial charge in [0.2, 0.25) is 0 Å².